The molecule has 4 heterocycles. The molecule has 0 atom stereocenters. The zero-order chi connectivity index (χ0) is 21.9. The number of ether oxygens (including phenoxy) is 1. The predicted octanol–water partition coefficient (Wildman–Crippen LogP) is 3.34. The highest BCUT2D eigenvalue weighted by Gasteiger charge is 2.15. The molecule has 32 heavy (non-hydrogen) atoms. The molecule has 0 bridgehead atoms. The van der Waals surface area contributed by atoms with Crippen molar-refractivity contribution in [2.24, 2.45) is 0 Å². The number of rotatable bonds is 6. The van der Waals surface area contributed by atoms with E-state index in [1.807, 2.05) is 35.0 Å². The summed E-state index contributed by atoms with van der Waals surface area (Å²) in [6.07, 6.45) is 1.45. The Morgan fingerprint density at radius 3 is 2.69 bits per heavy atom. The largest absolute Gasteiger partial charge is 0.378 e. The van der Waals surface area contributed by atoms with E-state index in [2.05, 4.69) is 27.3 Å². The number of benzene rings is 1. The van der Waals surface area contributed by atoms with Crippen LogP contribution in [-0.4, -0.2) is 41.8 Å². The van der Waals surface area contributed by atoms with Crippen LogP contribution in [0, 0.1) is 0 Å². The average molecular weight is 467 g/mol. The Hall–Kier alpha value is -3.01. The first-order valence-electron chi connectivity index (χ1n) is 10.4. The minimum Gasteiger partial charge on any atom is -0.378 e. The van der Waals surface area contributed by atoms with Gasteiger partial charge < -0.3 is 15.0 Å². The van der Waals surface area contributed by atoms with Gasteiger partial charge in [0.15, 0.2) is 0 Å². The summed E-state index contributed by atoms with van der Waals surface area (Å²) in [5, 5.41) is 7.41. The fourth-order valence-corrected chi connectivity index (χ4v) is 5.47. The molecule has 9 heteroatoms. The van der Waals surface area contributed by atoms with Gasteiger partial charge in [-0.25, -0.2) is 4.98 Å². The predicted molar refractivity (Wildman–Crippen MR) is 129 cm³/mol. The van der Waals surface area contributed by atoms with Crippen molar-refractivity contribution in [1.29, 1.82) is 0 Å². The minimum absolute atomic E-state index is 0.0621. The summed E-state index contributed by atoms with van der Waals surface area (Å²) >= 11 is 3.03. The number of morpholine rings is 1. The monoisotopic (exact) mass is 466 g/mol. The Morgan fingerprint density at radius 2 is 1.94 bits per heavy atom. The molecule has 1 amide bonds. The van der Waals surface area contributed by atoms with Crippen molar-refractivity contribution in [1.82, 2.24) is 14.9 Å². The van der Waals surface area contributed by atoms with Crippen molar-refractivity contribution in [3.05, 3.63) is 69.4 Å². The molecule has 4 aromatic rings. The Morgan fingerprint density at radius 1 is 1.12 bits per heavy atom. The van der Waals surface area contributed by atoms with E-state index in [0.717, 1.165) is 48.0 Å². The van der Waals surface area contributed by atoms with Gasteiger partial charge in [0.25, 0.3) is 5.56 Å². The van der Waals surface area contributed by atoms with Crippen LogP contribution in [0.4, 0.5) is 5.69 Å². The maximum atomic E-state index is 13.0. The minimum atomic E-state index is -0.224. The number of carbonyl (C=O) groups excluding carboxylic acids is 1. The molecule has 0 spiro atoms. The van der Waals surface area contributed by atoms with Crippen LogP contribution in [0.15, 0.2) is 58.3 Å². The van der Waals surface area contributed by atoms with Crippen molar-refractivity contribution in [3.8, 4) is 10.4 Å². The van der Waals surface area contributed by atoms with E-state index in [0.29, 0.717) is 16.8 Å². The number of fused-ring (bicyclic) bond motifs is 1. The topological polar surface area (TPSA) is 76.5 Å². The summed E-state index contributed by atoms with van der Waals surface area (Å²) in [7, 11) is 0. The van der Waals surface area contributed by atoms with Crippen LogP contribution in [0.25, 0.3) is 20.7 Å². The standard InChI is InChI=1S/C23H22N4O3S2/c28-20(24-12-16-3-5-17(6-4-16)26-7-9-30-10-8-26)13-27-15-25-22-21(23(27)29)18(14-32-22)19-2-1-11-31-19/h1-6,11,14-15H,7-10,12-13H2,(H,24,28). The maximum absolute atomic E-state index is 13.0. The van der Waals surface area contributed by atoms with Gasteiger partial charge in [0.2, 0.25) is 5.91 Å². The van der Waals surface area contributed by atoms with E-state index in [1.54, 1.807) is 11.3 Å². The lowest BCUT2D eigenvalue weighted by molar-refractivity contribution is -0.121. The molecular formula is C23H22N4O3S2. The Kier molecular flexibility index (Phi) is 6.02. The molecule has 1 saturated heterocycles. The zero-order valence-corrected chi connectivity index (χ0v) is 19.0. The number of hydrogen-bond acceptors (Lipinski definition) is 7. The molecule has 1 aromatic carbocycles. The average Bonchev–Trinajstić information content (AvgIpc) is 3.51. The highest BCUT2D eigenvalue weighted by molar-refractivity contribution is 7.18. The van der Waals surface area contributed by atoms with Crippen molar-refractivity contribution in [3.63, 3.8) is 0 Å². The number of thiophene rings is 2. The molecule has 5 rings (SSSR count). The lowest BCUT2D eigenvalue weighted by Gasteiger charge is -2.28. The van der Waals surface area contributed by atoms with E-state index in [1.165, 1.54) is 22.2 Å². The summed E-state index contributed by atoms with van der Waals surface area (Å²) < 4.78 is 6.77. The summed E-state index contributed by atoms with van der Waals surface area (Å²) in [6, 6.07) is 12.1. The highest BCUT2D eigenvalue weighted by Crippen LogP contribution is 2.33. The molecule has 1 aliphatic heterocycles. The molecule has 0 aliphatic carbocycles. The third kappa shape index (κ3) is 4.32. The summed E-state index contributed by atoms with van der Waals surface area (Å²) in [4.78, 5) is 34.0. The summed E-state index contributed by atoms with van der Waals surface area (Å²) in [6.45, 7) is 3.62. The number of hydrogen-bond donors (Lipinski definition) is 1. The number of nitrogens with one attached hydrogen (secondary N) is 1. The highest BCUT2D eigenvalue weighted by atomic mass is 32.1. The molecule has 0 saturated carbocycles. The molecule has 0 radical (unpaired) electrons. The molecule has 1 N–H and O–H groups in total. The normalized spacial score (nSPS) is 14.1. The van der Waals surface area contributed by atoms with Crippen LogP contribution >= 0.6 is 22.7 Å². The smallest absolute Gasteiger partial charge is 0.263 e. The number of aromatic nitrogens is 2. The van der Waals surface area contributed by atoms with E-state index in [-0.39, 0.29) is 18.0 Å². The first kappa shape index (κ1) is 20.9. The molecule has 164 valence electrons. The van der Waals surface area contributed by atoms with Crippen LogP contribution in [0.1, 0.15) is 5.56 Å². The Labute approximate surface area is 192 Å². The van der Waals surface area contributed by atoms with Gasteiger partial charge >= 0.3 is 0 Å². The van der Waals surface area contributed by atoms with Gasteiger partial charge in [-0.15, -0.1) is 22.7 Å². The van der Waals surface area contributed by atoms with Crippen LogP contribution < -0.4 is 15.8 Å². The summed E-state index contributed by atoms with van der Waals surface area (Å²) in [5.41, 5.74) is 2.86. The van der Waals surface area contributed by atoms with E-state index >= 15 is 0 Å². The quantitative estimate of drug-likeness (QED) is 0.472. The lowest BCUT2D eigenvalue weighted by atomic mass is 10.2. The van der Waals surface area contributed by atoms with Gasteiger partial charge in [-0.2, -0.15) is 0 Å². The van der Waals surface area contributed by atoms with Gasteiger partial charge in [0.05, 0.1) is 24.9 Å². The first-order chi connectivity index (χ1) is 15.7. The number of anilines is 1. The Balaban J connectivity index is 1.25. The fourth-order valence-electron chi connectivity index (χ4n) is 3.75. The number of nitrogens with zero attached hydrogens (tertiary/aromatic N) is 3. The van der Waals surface area contributed by atoms with Crippen molar-refractivity contribution < 1.29 is 9.53 Å². The van der Waals surface area contributed by atoms with Gasteiger partial charge in [0, 0.05) is 41.1 Å². The van der Waals surface area contributed by atoms with Crippen LogP contribution in [-0.2, 0) is 22.6 Å². The van der Waals surface area contributed by atoms with E-state index in [4.69, 9.17) is 4.74 Å². The Bertz CT molecular complexity index is 1270. The zero-order valence-electron chi connectivity index (χ0n) is 17.3. The van der Waals surface area contributed by atoms with Crippen molar-refractivity contribution in [2.45, 2.75) is 13.1 Å². The molecule has 1 aliphatic rings. The second kappa shape index (κ2) is 9.23. The molecule has 7 nitrogen and oxygen atoms in total. The summed E-state index contributed by atoms with van der Waals surface area (Å²) in [5.74, 6) is -0.224. The number of amides is 1. The first-order valence-corrected chi connectivity index (χ1v) is 12.1. The van der Waals surface area contributed by atoms with Gasteiger partial charge in [-0.3, -0.25) is 14.2 Å². The van der Waals surface area contributed by atoms with Gasteiger partial charge in [-0.1, -0.05) is 18.2 Å². The molecule has 1 fully saturated rings. The van der Waals surface area contributed by atoms with E-state index in [9.17, 15) is 9.59 Å². The van der Waals surface area contributed by atoms with Crippen LogP contribution in [0.5, 0.6) is 0 Å². The van der Waals surface area contributed by atoms with Crippen LogP contribution in [0.2, 0.25) is 0 Å². The SMILES string of the molecule is O=C(Cn1cnc2scc(-c3cccs3)c2c1=O)NCc1ccc(N2CCOCC2)cc1. The number of carbonyl (C=O) groups is 1. The van der Waals surface area contributed by atoms with Crippen molar-refractivity contribution in [2.75, 3.05) is 31.2 Å². The molecular weight excluding hydrogens is 444 g/mol. The third-order valence-electron chi connectivity index (χ3n) is 5.46. The van der Waals surface area contributed by atoms with Gasteiger partial charge in [0.1, 0.15) is 11.4 Å². The molecule has 3 aromatic heterocycles. The second-order valence-electron chi connectivity index (χ2n) is 7.53. The second-order valence-corrected chi connectivity index (χ2v) is 9.33. The van der Waals surface area contributed by atoms with Crippen LogP contribution in [0.3, 0.4) is 0 Å². The fraction of sp³-hybridized carbons (Fsp3) is 0.261. The van der Waals surface area contributed by atoms with Gasteiger partial charge in [-0.05, 0) is 29.1 Å². The van der Waals surface area contributed by atoms with E-state index < -0.39 is 0 Å². The lowest BCUT2D eigenvalue weighted by Crippen LogP contribution is -2.36. The van der Waals surface area contributed by atoms with Crippen molar-refractivity contribution >= 4 is 44.5 Å². The molecule has 0 unspecified atom stereocenters. The third-order valence-corrected chi connectivity index (χ3v) is 7.25. The maximum Gasteiger partial charge on any atom is 0.263 e.